The molecule has 0 radical (unpaired) electrons. The van der Waals surface area contributed by atoms with Gasteiger partial charge in [-0.15, -0.1) is 0 Å². The SMILES string of the molecule is Cc1ccc(C(=O)NCc2ccc(C)c(F)c2)cn1. The topological polar surface area (TPSA) is 42.0 Å². The van der Waals surface area contributed by atoms with E-state index in [-0.39, 0.29) is 11.7 Å². The van der Waals surface area contributed by atoms with E-state index in [2.05, 4.69) is 10.3 Å². The fraction of sp³-hybridized carbons (Fsp3) is 0.200. The second kappa shape index (κ2) is 5.61. The zero-order valence-corrected chi connectivity index (χ0v) is 10.9. The minimum atomic E-state index is -0.260. The smallest absolute Gasteiger partial charge is 0.253 e. The van der Waals surface area contributed by atoms with Crippen LogP contribution in [0.4, 0.5) is 4.39 Å². The molecular weight excluding hydrogens is 243 g/mol. The lowest BCUT2D eigenvalue weighted by Crippen LogP contribution is -2.23. The van der Waals surface area contributed by atoms with E-state index in [1.54, 1.807) is 31.2 Å². The number of pyridine rings is 1. The summed E-state index contributed by atoms with van der Waals surface area (Å²) in [5, 5.41) is 2.74. The maximum absolute atomic E-state index is 13.3. The highest BCUT2D eigenvalue weighted by Crippen LogP contribution is 2.09. The van der Waals surface area contributed by atoms with Gasteiger partial charge in [0.1, 0.15) is 5.82 Å². The van der Waals surface area contributed by atoms with E-state index in [4.69, 9.17) is 0 Å². The zero-order valence-electron chi connectivity index (χ0n) is 10.9. The van der Waals surface area contributed by atoms with Crippen LogP contribution in [0.1, 0.15) is 27.2 Å². The molecule has 1 aromatic heterocycles. The third-order valence-corrected chi connectivity index (χ3v) is 2.86. The van der Waals surface area contributed by atoms with Gasteiger partial charge < -0.3 is 5.32 Å². The number of halogens is 1. The van der Waals surface area contributed by atoms with Gasteiger partial charge in [0.25, 0.3) is 5.91 Å². The summed E-state index contributed by atoms with van der Waals surface area (Å²) in [7, 11) is 0. The summed E-state index contributed by atoms with van der Waals surface area (Å²) in [5.41, 5.74) is 2.68. The van der Waals surface area contributed by atoms with E-state index in [1.807, 2.05) is 6.92 Å². The highest BCUT2D eigenvalue weighted by molar-refractivity contribution is 5.93. The summed E-state index contributed by atoms with van der Waals surface area (Å²) in [6.07, 6.45) is 1.53. The Labute approximate surface area is 111 Å². The van der Waals surface area contributed by atoms with Crippen LogP contribution in [0.5, 0.6) is 0 Å². The van der Waals surface area contributed by atoms with E-state index >= 15 is 0 Å². The number of aryl methyl sites for hydroxylation is 2. The Morgan fingerprint density at radius 2 is 2.05 bits per heavy atom. The summed E-state index contributed by atoms with van der Waals surface area (Å²) in [5.74, 6) is -0.475. The van der Waals surface area contributed by atoms with Crippen molar-refractivity contribution in [2.24, 2.45) is 0 Å². The van der Waals surface area contributed by atoms with Crippen LogP contribution < -0.4 is 5.32 Å². The number of aromatic nitrogens is 1. The lowest BCUT2D eigenvalue weighted by molar-refractivity contribution is 0.0950. The molecule has 1 heterocycles. The van der Waals surface area contributed by atoms with Crippen LogP contribution in [-0.2, 0) is 6.54 Å². The molecule has 1 amide bonds. The Balaban J connectivity index is 2.00. The van der Waals surface area contributed by atoms with Crippen molar-refractivity contribution in [2.75, 3.05) is 0 Å². The number of amides is 1. The number of hydrogen-bond acceptors (Lipinski definition) is 2. The van der Waals surface area contributed by atoms with Gasteiger partial charge in [-0.2, -0.15) is 0 Å². The average molecular weight is 258 g/mol. The normalized spacial score (nSPS) is 10.3. The molecule has 0 saturated carbocycles. The van der Waals surface area contributed by atoms with Crippen LogP contribution >= 0.6 is 0 Å². The fourth-order valence-electron chi connectivity index (χ4n) is 1.63. The molecule has 2 rings (SSSR count). The van der Waals surface area contributed by atoms with Gasteiger partial charge in [0.2, 0.25) is 0 Å². The van der Waals surface area contributed by atoms with Crippen molar-refractivity contribution in [2.45, 2.75) is 20.4 Å². The fourth-order valence-corrected chi connectivity index (χ4v) is 1.63. The van der Waals surface area contributed by atoms with Crippen LogP contribution in [-0.4, -0.2) is 10.9 Å². The van der Waals surface area contributed by atoms with Crippen LogP contribution in [0.3, 0.4) is 0 Å². The monoisotopic (exact) mass is 258 g/mol. The van der Waals surface area contributed by atoms with Crippen molar-refractivity contribution in [1.29, 1.82) is 0 Å². The van der Waals surface area contributed by atoms with Gasteiger partial charge in [-0.3, -0.25) is 9.78 Å². The Hall–Kier alpha value is -2.23. The van der Waals surface area contributed by atoms with E-state index in [0.717, 1.165) is 11.3 Å². The second-order valence-electron chi connectivity index (χ2n) is 4.45. The molecule has 0 unspecified atom stereocenters. The van der Waals surface area contributed by atoms with Gasteiger partial charge in [0.15, 0.2) is 0 Å². The minimum absolute atomic E-state index is 0.214. The molecule has 1 aromatic carbocycles. The molecule has 0 aliphatic heterocycles. The molecule has 0 aliphatic carbocycles. The van der Waals surface area contributed by atoms with E-state index in [9.17, 15) is 9.18 Å². The van der Waals surface area contributed by atoms with Gasteiger partial charge in [0, 0.05) is 18.4 Å². The number of nitrogens with one attached hydrogen (secondary N) is 1. The first-order valence-electron chi connectivity index (χ1n) is 6.02. The Morgan fingerprint density at radius 1 is 1.26 bits per heavy atom. The molecule has 0 spiro atoms. The Morgan fingerprint density at radius 3 is 2.68 bits per heavy atom. The van der Waals surface area contributed by atoms with Gasteiger partial charge in [-0.25, -0.2) is 4.39 Å². The van der Waals surface area contributed by atoms with Crippen molar-refractivity contribution in [3.63, 3.8) is 0 Å². The number of rotatable bonds is 3. The van der Waals surface area contributed by atoms with Crippen molar-refractivity contribution < 1.29 is 9.18 Å². The lowest BCUT2D eigenvalue weighted by Gasteiger charge is -2.06. The first-order chi connectivity index (χ1) is 9.06. The molecule has 0 aliphatic rings. The molecule has 1 N–H and O–H groups in total. The average Bonchev–Trinajstić information content (AvgIpc) is 2.40. The maximum Gasteiger partial charge on any atom is 0.253 e. The standard InChI is InChI=1S/C15H15FN2O/c1-10-3-5-12(7-14(10)16)8-18-15(19)13-6-4-11(2)17-9-13/h3-7,9H,8H2,1-2H3,(H,18,19). The molecule has 98 valence electrons. The number of nitrogens with zero attached hydrogens (tertiary/aromatic N) is 1. The summed E-state index contributed by atoms with van der Waals surface area (Å²) >= 11 is 0. The van der Waals surface area contributed by atoms with E-state index < -0.39 is 0 Å². The summed E-state index contributed by atoms with van der Waals surface area (Å²) in [6.45, 7) is 3.86. The molecule has 2 aromatic rings. The van der Waals surface area contributed by atoms with Gasteiger partial charge in [0.05, 0.1) is 5.56 Å². The summed E-state index contributed by atoms with van der Waals surface area (Å²) in [6, 6.07) is 8.42. The molecule has 4 heteroatoms. The molecule has 0 bridgehead atoms. The number of carbonyl (C=O) groups excluding carboxylic acids is 1. The Bertz CT molecular complexity index is 594. The Kier molecular flexibility index (Phi) is 3.90. The molecule has 0 atom stereocenters. The van der Waals surface area contributed by atoms with Crippen LogP contribution in [0, 0.1) is 19.7 Å². The van der Waals surface area contributed by atoms with Crippen LogP contribution in [0.25, 0.3) is 0 Å². The lowest BCUT2D eigenvalue weighted by atomic mass is 10.1. The third kappa shape index (κ3) is 3.37. The summed E-state index contributed by atoms with van der Waals surface area (Å²) < 4.78 is 13.3. The van der Waals surface area contributed by atoms with Crippen molar-refractivity contribution >= 4 is 5.91 Å². The highest BCUT2D eigenvalue weighted by Gasteiger charge is 2.06. The number of benzene rings is 1. The molecule has 3 nitrogen and oxygen atoms in total. The minimum Gasteiger partial charge on any atom is -0.348 e. The van der Waals surface area contributed by atoms with E-state index in [1.165, 1.54) is 12.3 Å². The van der Waals surface area contributed by atoms with Crippen molar-refractivity contribution in [3.05, 3.63) is 64.7 Å². The van der Waals surface area contributed by atoms with Gasteiger partial charge in [-0.1, -0.05) is 12.1 Å². The quantitative estimate of drug-likeness (QED) is 0.919. The molecule has 0 fully saturated rings. The van der Waals surface area contributed by atoms with Crippen molar-refractivity contribution in [1.82, 2.24) is 10.3 Å². The number of hydrogen-bond donors (Lipinski definition) is 1. The first kappa shape index (κ1) is 13.2. The maximum atomic E-state index is 13.3. The second-order valence-corrected chi connectivity index (χ2v) is 4.45. The van der Waals surface area contributed by atoms with Crippen LogP contribution in [0.15, 0.2) is 36.5 Å². The van der Waals surface area contributed by atoms with E-state index in [0.29, 0.717) is 17.7 Å². The molecule has 19 heavy (non-hydrogen) atoms. The highest BCUT2D eigenvalue weighted by atomic mass is 19.1. The molecular formula is C15H15FN2O. The third-order valence-electron chi connectivity index (χ3n) is 2.86. The largest absolute Gasteiger partial charge is 0.348 e. The number of carbonyl (C=O) groups is 1. The zero-order chi connectivity index (χ0) is 13.8. The first-order valence-corrected chi connectivity index (χ1v) is 6.02. The van der Waals surface area contributed by atoms with Crippen molar-refractivity contribution in [3.8, 4) is 0 Å². The van der Waals surface area contributed by atoms with Gasteiger partial charge in [-0.05, 0) is 43.2 Å². The molecule has 0 saturated heterocycles. The predicted molar refractivity (Wildman–Crippen MR) is 71.3 cm³/mol. The predicted octanol–water partition coefficient (Wildman–Crippen LogP) is 2.77. The van der Waals surface area contributed by atoms with Crippen LogP contribution in [0.2, 0.25) is 0 Å². The summed E-state index contributed by atoms with van der Waals surface area (Å²) in [4.78, 5) is 15.9. The van der Waals surface area contributed by atoms with Gasteiger partial charge >= 0.3 is 0 Å².